The van der Waals surface area contributed by atoms with Gasteiger partial charge in [0.15, 0.2) is 0 Å². The highest BCUT2D eigenvalue weighted by molar-refractivity contribution is 6.30. The quantitative estimate of drug-likeness (QED) is 0.298. The molecule has 2 atom stereocenters. The normalized spacial score (nSPS) is 16.3. The maximum absolute atomic E-state index is 12.2. The lowest BCUT2D eigenvalue weighted by molar-refractivity contribution is -0.166. The van der Waals surface area contributed by atoms with Gasteiger partial charge in [-0.25, -0.2) is 9.59 Å². The van der Waals surface area contributed by atoms with E-state index in [-0.39, 0.29) is 19.3 Å². The zero-order chi connectivity index (χ0) is 24.5. The molecular formula is C26H32ClNO6. The molecule has 0 saturated heterocycles. The maximum atomic E-state index is 12.2. The number of hydrogen-bond donors (Lipinski definition) is 2. The van der Waals surface area contributed by atoms with Gasteiger partial charge in [0.05, 0.1) is 19.3 Å². The summed E-state index contributed by atoms with van der Waals surface area (Å²) in [7, 11) is 0. The monoisotopic (exact) mass is 489 g/mol. The smallest absolute Gasteiger partial charge is 0.359 e. The molecule has 2 aromatic carbocycles. The standard InChI is InChI=1S/C26H32ClNO6/c1-3-32-25(30)24(26(31)33-4-2)34-22-12-11-18-14-21(10-6-7-17(18)15-22)28-16-23(29)19-8-5-9-20(27)13-19/h5,8-9,11-13,15,21,23-24,28-29H,3-4,6-7,10,14,16H2,1-2H3/t21-,23-/m0/s1. The molecule has 184 valence electrons. The van der Waals surface area contributed by atoms with Crippen LogP contribution in [0.15, 0.2) is 42.5 Å². The summed E-state index contributed by atoms with van der Waals surface area (Å²) >= 11 is 6.03. The third-order valence-corrected chi connectivity index (χ3v) is 5.97. The van der Waals surface area contributed by atoms with E-state index >= 15 is 0 Å². The molecule has 2 N–H and O–H groups in total. The van der Waals surface area contributed by atoms with E-state index in [0.29, 0.717) is 17.3 Å². The number of aliphatic hydroxyl groups excluding tert-OH is 1. The molecule has 1 aliphatic carbocycles. The highest BCUT2D eigenvalue weighted by Crippen LogP contribution is 2.26. The second kappa shape index (κ2) is 12.7. The molecule has 34 heavy (non-hydrogen) atoms. The molecule has 0 amide bonds. The van der Waals surface area contributed by atoms with Crippen molar-refractivity contribution in [2.45, 2.75) is 57.8 Å². The fourth-order valence-corrected chi connectivity index (χ4v) is 4.26. The van der Waals surface area contributed by atoms with Crippen LogP contribution in [0.4, 0.5) is 0 Å². The number of carbonyl (C=O) groups excluding carboxylic acids is 2. The Bertz CT molecular complexity index is 964. The SMILES string of the molecule is CCOC(=O)C(Oc1ccc2c(c1)CCC[C@H](NC[C@H](O)c1cccc(Cl)c1)C2)C(=O)OCC. The topological polar surface area (TPSA) is 94.1 Å². The molecule has 0 radical (unpaired) electrons. The summed E-state index contributed by atoms with van der Waals surface area (Å²) in [6.45, 7) is 4.05. The minimum atomic E-state index is -1.45. The van der Waals surface area contributed by atoms with Crippen molar-refractivity contribution < 1.29 is 28.9 Å². The molecule has 0 saturated carbocycles. The van der Waals surface area contributed by atoms with Gasteiger partial charge in [-0.3, -0.25) is 0 Å². The fourth-order valence-electron chi connectivity index (χ4n) is 4.06. The van der Waals surface area contributed by atoms with E-state index < -0.39 is 24.1 Å². The van der Waals surface area contributed by atoms with E-state index in [1.165, 1.54) is 5.56 Å². The Labute approximate surface area is 205 Å². The van der Waals surface area contributed by atoms with Crippen LogP contribution in [0.2, 0.25) is 5.02 Å². The predicted molar refractivity (Wildman–Crippen MR) is 129 cm³/mol. The summed E-state index contributed by atoms with van der Waals surface area (Å²) in [4.78, 5) is 24.4. The molecule has 1 aliphatic rings. The minimum Gasteiger partial charge on any atom is -0.467 e. The highest BCUT2D eigenvalue weighted by Gasteiger charge is 2.32. The molecular weight excluding hydrogens is 458 g/mol. The van der Waals surface area contributed by atoms with Gasteiger partial charge in [0.2, 0.25) is 0 Å². The van der Waals surface area contributed by atoms with Gasteiger partial charge in [-0.1, -0.05) is 29.8 Å². The average Bonchev–Trinajstić information content (AvgIpc) is 3.02. The first kappa shape index (κ1) is 26.0. The molecule has 0 unspecified atom stereocenters. The first-order valence-corrected chi connectivity index (χ1v) is 12.1. The lowest BCUT2D eigenvalue weighted by atomic mass is 10.0. The molecule has 7 nitrogen and oxygen atoms in total. The van der Waals surface area contributed by atoms with Crippen molar-refractivity contribution in [1.82, 2.24) is 5.32 Å². The summed E-state index contributed by atoms with van der Waals surface area (Å²) in [5, 5.41) is 14.6. The minimum absolute atomic E-state index is 0.142. The van der Waals surface area contributed by atoms with Crippen LogP contribution in [0.3, 0.4) is 0 Å². The van der Waals surface area contributed by atoms with E-state index in [1.54, 1.807) is 32.0 Å². The molecule has 2 aromatic rings. The van der Waals surface area contributed by atoms with E-state index in [4.69, 9.17) is 25.8 Å². The summed E-state index contributed by atoms with van der Waals surface area (Å²) in [5.41, 5.74) is 3.07. The van der Waals surface area contributed by atoms with Crippen LogP contribution < -0.4 is 10.1 Å². The zero-order valence-corrected chi connectivity index (χ0v) is 20.3. The molecule has 3 rings (SSSR count). The molecule has 0 fully saturated rings. The maximum Gasteiger partial charge on any atom is 0.359 e. The van der Waals surface area contributed by atoms with Gasteiger partial charge in [0, 0.05) is 17.6 Å². The Kier molecular flexibility index (Phi) is 9.74. The summed E-state index contributed by atoms with van der Waals surface area (Å²) < 4.78 is 15.7. The number of fused-ring (bicyclic) bond motifs is 1. The van der Waals surface area contributed by atoms with E-state index in [9.17, 15) is 14.7 Å². The summed E-state index contributed by atoms with van der Waals surface area (Å²) in [6, 6.07) is 13.1. The number of aryl methyl sites for hydroxylation is 1. The van der Waals surface area contributed by atoms with Crippen molar-refractivity contribution >= 4 is 23.5 Å². The van der Waals surface area contributed by atoms with Crippen LogP contribution in [-0.2, 0) is 31.9 Å². The Morgan fingerprint density at radius 3 is 2.50 bits per heavy atom. The van der Waals surface area contributed by atoms with Crippen molar-refractivity contribution in [1.29, 1.82) is 0 Å². The van der Waals surface area contributed by atoms with E-state index in [1.807, 2.05) is 24.3 Å². The van der Waals surface area contributed by atoms with E-state index in [0.717, 1.165) is 36.8 Å². The molecule has 0 aromatic heterocycles. The predicted octanol–water partition coefficient (Wildman–Crippen LogP) is 3.78. The van der Waals surface area contributed by atoms with Crippen molar-refractivity contribution in [2.75, 3.05) is 19.8 Å². The van der Waals surface area contributed by atoms with Crippen molar-refractivity contribution in [3.63, 3.8) is 0 Å². The van der Waals surface area contributed by atoms with Crippen molar-refractivity contribution in [3.05, 3.63) is 64.2 Å². The molecule has 0 aliphatic heterocycles. The van der Waals surface area contributed by atoms with Crippen molar-refractivity contribution in [2.24, 2.45) is 0 Å². The zero-order valence-electron chi connectivity index (χ0n) is 19.6. The first-order chi connectivity index (χ1) is 16.4. The molecule has 0 heterocycles. The second-order valence-electron chi connectivity index (χ2n) is 8.20. The largest absolute Gasteiger partial charge is 0.467 e. The van der Waals surface area contributed by atoms with E-state index in [2.05, 4.69) is 5.32 Å². The number of halogens is 1. The van der Waals surface area contributed by atoms with Crippen LogP contribution in [0, 0.1) is 0 Å². The number of rotatable bonds is 10. The highest BCUT2D eigenvalue weighted by atomic mass is 35.5. The van der Waals surface area contributed by atoms with Gasteiger partial charge in [-0.05, 0) is 80.5 Å². The second-order valence-corrected chi connectivity index (χ2v) is 8.64. The summed E-state index contributed by atoms with van der Waals surface area (Å²) in [6.07, 6.45) is 1.48. The van der Waals surface area contributed by atoms with Crippen LogP contribution in [0.5, 0.6) is 5.75 Å². The Hall–Kier alpha value is -2.61. The van der Waals surface area contributed by atoms with Crippen molar-refractivity contribution in [3.8, 4) is 5.75 Å². The number of ether oxygens (including phenoxy) is 3. The molecule has 0 bridgehead atoms. The number of aliphatic hydroxyl groups is 1. The third kappa shape index (κ3) is 7.19. The Balaban J connectivity index is 1.64. The first-order valence-electron chi connectivity index (χ1n) is 11.7. The fraction of sp³-hybridized carbons (Fsp3) is 0.462. The van der Waals surface area contributed by atoms with Crippen LogP contribution in [-0.4, -0.2) is 48.9 Å². The molecule has 8 heteroatoms. The lowest BCUT2D eigenvalue weighted by Crippen LogP contribution is -2.38. The Morgan fingerprint density at radius 1 is 1.09 bits per heavy atom. The van der Waals surface area contributed by atoms with Gasteiger partial charge < -0.3 is 24.6 Å². The van der Waals surface area contributed by atoms with Crippen LogP contribution >= 0.6 is 11.6 Å². The van der Waals surface area contributed by atoms with Gasteiger partial charge in [0.25, 0.3) is 6.10 Å². The number of esters is 2. The number of nitrogens with one attached hydrogen (secondary N) is 1. The van der Waals surface area contributed by atoms with Crippen LogP contribution in [0.25, 0.3) is 0 Å². The lowest BCUT2D eigenvalue weighted by Gasteiger charge is -2.20. The van der Waals surface area contributed by atoms with Gasteiger partial charge >= 0.3 is 11.9 Å². The molecule has 0 spiro atoms. The summed E-state index contributed by atoms with van der Waals surface area (Å²) in [5.74, 6) is -1.11. The van der Waals surface area contributed by atoms with Gasteiger partial charge in [-0.15, -0.1) is 0 Å². The van der Waals surface area contributed by atoms with Gasteiger partial charge in [0.1, 0.15) is 5.75 Å². The number of carbonyl (C=O) groups is 2. The van der Waals surface area contributed by atoms with Gasteiger partial charge in [-0.2, -0.15) is 0 Å². The van der Waals surface area contributed by atoms with Crippen LogP contribution in [0.1, 0.15) is 49.5 Å². The third-order valence-electron chi connectivity index (χ3n) is 5.73. The number of benzene rings is 2. The average molecular weight is 490 g/mol. The Morgan fingerprint density at radius 2 is 1.82 bits per heavy atom. The number of hydrogen-bond acceptors (Lipinski definition) is 7.